The van der Waals surface area contributed by atoms with E-state index >= 15 is 0 Å². The van der Waals surface area contributed by atoms with Crippen molar-refractivity contribution in [2.24, 2.45) is 0 Å². The molecule has 0 saturated carbocycles. The third kappa shape index (κ3) is 2.67. The molecule has 4 heteroatoms. The lowest BCUT2D eigenvalue weighted by Crippen LogP contribution is -2.32. The number of fused-ring (bicyclic) bond motifs is 5. The van der Waals surface area contributed by atoms with Crippen LogP contribution in [0.1, 0.15) is 44.9 Å². The Kier molecular flexibility index (Phi) is 4.18. The molecule has 0 radical (unpaired) electrons. The van der Waals surface area contributed by atoms with Gasteiger partial charge in [0.15, 0.2) is 11.5 Å². The minimum Gasteiger partial charge on any atom is -0.493 e. The van der Waals surface area contributed by atoms with Crippen LogP contribution in [0.3, 0.4) is 0 Å². The summed E-state index contributed by atoms with van der Waals surface area (Å²) in [6, 6.07) is 8.12. The van der Waals surface area contributed by atoms with Crippen molar-refractivity contribution >= 4 is 11.3 Å². The molecule has 2 aliphatic heterocycles. The van der Waals surface area contributed by atoms with Crippen molar-refractivity contribution in [1.82, 2.24) is 0 Å². The van der Waals surface area contributed by atoms with Gasteiger partial charge in [-0.2, -0.15) is 0 Å². The largest absolute Gasteiger partial charge is 0.493 e. The highest BCUT2D eigenvalue weighted by Crippen LogP contribution is 2.55. The van der Waals surface area contributed by atoms with E-state index in [0.29, 0.717) is 11.5 Å². The zero-order chi connectivity index (χ0) is 20.2. The fourth-order valence-corrected chi connectivity index (χ4v) is 4.43. The highest BCUT2D eigenvalue weighted by Gasteiger charge is 2.36. The Balaban J connectivity index is 2.07. The number of allylic oxidation sites excluding steroid dienone is 1. The summed E-state index contributed by atoms with van der Waals surface area (Å²) in [4.78, 5) is 0. The topological polar surface area (TPSA) is 39.7 Å². The van der Waals surface area contributed by atoms with Gasteiger partial charge in [0, 0.05) is 16.8 Å². The van der Waals surface area contributed by atoms with Gasteiger partial charge in [0.05, 0.1) is 25.3 Å². The molecular formula is C24H27NO3. The molecule has 4 nitrogen and oxygen atoms in total. The van der Waals surface area contributed by atoms with Crippen molar-refractivity contribution in [1.29, 1.82) is 0 Å². The van der Waals surface area contributed by atoms with E-state index in [9.17, 15) is 0 Å². The first kappa shape index (κ1) is 18.5. The van der Waals surface area contributed by atoms with Gasteiger partial charge in [-0.15, -0.1) is 0 Å². The molecule has 1 N–H and O–H groups in total. The Morgan fingerprint density at radius 2 is 1.86 bits per heavy atom. The van der Waals surface area contributed by atoms with Crippen molar-refractivity contribution in [3.63, 3.8) is 0 Å². The third-order valence-corrected chi connectivity index (χ3v) is 5.41. The molecule has 4 rings (SSSR count). The van der Waals surface area contributed by atoms with E-state index in [0.717, 1.165) is 33.7 Å². The van der Waals surface area contributed by atoms with Crippen LogP contribution in [0.4, 0.5) is 5.69 Å². The zero-order valence-corrected chi connectivity index (χ0v) is 17.4. The second kappa shape index (κ2) is 6.33. The molecule has 28 heavy (non-hydrogen) atoms. The molecule has 146 valence electrons. The number of ether oxygens (including phenoxy) is 3. The molecule has 0 fully saturated rings. The van der Waals surface area contributed by atoms with Gasteiger partial charge in [0.1, 0.15) is 11.9 Å². The van der Waals surface area contributed by atoms with Gasteiger partial charge >= 0.3 is 0 Å². The quantitative estimate of drug-likeness (QED) is 0.667. The maximum atomic E-state index is 6.44. The van der Waals surface area contributed by atoms with Gasteiger partial charge in [-0.3, -0.25) is 0 Å². The van der Waals surface area contributed by atoms with Crippen LogP contribution in [0.2, 0.25) is 0 Å². The first-order valence-corrected chi connectivity index (χ1v) is 9.49. The van der Waals surface area contributed by atoms with E-state index in [4.69, 9.17) is 14.2 Å². The summed E-state index contributed by atoms with van der Waals surface area (Å²) in [5.41, 5.74) is 7.54. The smallest absolute Gasteiger partial charge is 0.172 e. The van der Waals surface area contributed by atoms with E-state index in [2.05, 4.69) is 50.9 Å². The van der Waals surface area contributed by atoms with Gasteiger partial charge in [0.25, 0.3) is 0 Å². The molecule has 2 aliphatic rings. The molecule has 0 aliphatic carbocycles. The van der Waals surface area contributed by atoms with Crippen molar-refractivity contribution in [2.75, 3.05) is 19.5 Å². The van der Waals surface area contributed by atoms with Crippen molar-refractivity contribution in [2.45, 2.75) is 39.3 Å². The normalized spacial score (nSPS) is 18.5. The molecular weight excluding hydrogens is 350 g/mol. The van der Waals surface area contributed by atoms with Gasteiger partial charge in [0.2, 0.25) is 0 Å². The number of anilines is 1. The Bertz CT molecular complexity index is 1020. The lowest BCUT2D eigenvalue weighted by Gasteiger charge is -2.37. The van der Waals surface area contributed by atoms with Crippen LogP contribution in [-0.2, 0) is 0 Å². The van der Waals surface area contributed by atoms with Crippen LogP contribution in [0.15, 0.2) is 42.5 Å². The summed E-state index contributed by atoms with van der Waals surface area (Å²) in [6.45, 7) is 12.7. The van der Waals surface area contributed by atoms with Crippen molar-refractivity contribution < 1.29 is 14.2 Å². The zero-order valence-electron chi connectivity index (χ0n) is 17.4. The van der Waals surface area contributed by atoms with E-state index < -0.39 is 0 Å². The number of rotatable bonds is 3. The lowest BCUT2D eigenvalue weighted by atomic mass is 9.80. The third-order valence-electron chi connectivity index (χ3n) is 5.41. The number of hydrogen-bond donors (Lipinski definition) is 1. The fraction of sp³-hybridized carbons (Fsp3) is 0.333. The maximum Gasteiger partial charge on any atom is 0.172 e. The summed E-state index contributed by atoms with van der Waals surface area (Å²) in [6.07, 6.45) is 2.05. The Hall–Kier alpha value is -2.88. The SMILES string of the molecule is C=C(C)C1Oc2ccc(OC)c(OC)c2-c2ccc3c(c21)C(C)=CC(C)(C)N3. The summed E-state index contributed by atoms with van der Waals surface area (Å²) >= 11 is 0. The summed E-state index contributed by atoms with van der Waals surface area (Å²) in [5, 5.41) is 3.63. The number of benzene rings is 2. The second-order valence-corrected chi connectivity index (χ2v) is 8.14. The lowest BCUT2D eigenvalue weighted by molar-refractivity contribution is 0.237. The first-order chi connectivity index (χ1) is 13.3. The van der Waals surface area contributed by atoms with Gasteiger partial charge < -0.3 is 19.5 Å². The maximum absolute atomic E-state index is 6.44. The Labute approximate surface area is 166 Å². The van der Waals surface area contributed by atoms with E-state index in [-0.39, 0.29) is 11.6 Å². The molecule has 0 bridgehead atoms. The van der Waals surface area contributed by atoms with Crippen LogP contribution < -0.4 is 19.5 Å². The van der Waals surface area contributed by atoms with Crippen LogP contribution in [0.5, 0.6) is 17.2 Å². The van der Waals surface area contributed by atoms with E-state index in [1.54, 1.807) is 14.2 Å². The molecule has 0 saturated heterocycles. The number of hydrogen-bond acceptors (Lipinski definition) is 4. The molecule has 2 aromatic carbocycles. The highest BCUT2D eigenvalue weighted by atomic mass is 16.5. The minimum atomic E-state index is -0.220. The predicted octanol–water partition coefficient (Wildman–Crippen LogP) is 5.99. The van der Waals surface area contributed by atoms with E-state index in [1.165, 1.54) is 11.1 Å². The van der Waals surface area contributed by atoms with Gasteiger partial charge in [-0.05, 0) is 62.6 Å². The predicted molar refractivity (Wildman–Crippen MR) is 115 cm³/mol. The average molecular weight is 377 g/mol. The monoisotopic (exact) mass is 377 g/mol. The summed E-state index contributed by atoms with van der Waals surface area (Å²) < 4.78 is 17.7. The van der Waals surface area contributed by atoms with Gasteiger partial charge in [-0.25, -0.2) is 0 Å². The average Bonchev–Trinajstić information content (AvgIpc) is 2.64. The summed E-state index contributed by atoms with van der Waals surface area (Å²) in [5.74, 6) is 2.16. The minimum absolute atomic E-state index is 0.0988. The molecule has 0 amide bonds. The molecule has 0 aromatic heterocycles. The van der Waals surface area contributed by atoms with Gasteiger partial charge in [-0.1, -0.05) is 18.7 Å². The standard InChI is InChI=1S/C24H27NO3/c1-13(2)22-21-15(8-9-16-19(21)14(3)12-24(4,5)25-16)20-17(28-22)10-11-18(26-6)23(20)27-7/h8-12,22,25H,1H2,2-7H3. The highest BCUT2D eigenvalue weighted by molar-refractivity contribution is 5.92. The molecule has 1 atom stereocenters. The fourth-order valence-electron chi connectivity index (χ4n) is 4.43. The molecule has 2 aromatic rings. The van der Waals surface area contributed by atoms with Crippen LogP contribution in [0, 0.1) is 0 Å². The van der Waals surface area contributed by atoms with Crippen LogP contribution in [0.25, 0.3) is 16.7 Å². The molecule has 1 unspecified atom stereocenters. The number of nitrogens with one attached hydrogen (secondary N) is 1. The molecule has 0 spiro atoms. The van der Waals surface area contributed by atoms with Crippen LogP contribution >= 0.6 is 0 Å². The first-order valence-electron chi connectivity index (χ1n) is 9.49. The van der Waals surface area contributed by atoms with Crippen molar-refractivity contribution in [3.8, 4) is 28.4 Å². The van der Waals surface area contributed by atoms with Crippen molar-refractivity contribution in [3.05, 3.63) is 53.6 Å². The summed E-state index contributed by atoms with van der Waals surface area (Å²) in [7, 11) is 3.31. The molecule has 2 heterocycles. The Morgan fingerprint density at radius 3 is 2.50 bits per heavy atom. The number of methoxy groups -OCH3 is 2. The van der Waals surface area contributed by atoms with E-state index in [1.807, 2.05) is 19.1 Å². The second-order valence-electron chi connectivity index (χ2n) is 8.14. The van der Waals surface area contributed by atoms with Crippen LogP contribution in [-0.4, -0.2) is 19.8 Å². The Morgan fingerprint density at radius 1 is 1.11 bits per heavy atom.